The molecule has 1 heterocycles. The van der Waals surface area contributed by atoms with Gasteiger partial charge < -0.3 is 15.5 Å². The van der Waals surface area contributed by atoms with Crippen LogP contribution in [0.5, 0.6) is 6.01 Å². The fourth-order valence-electron chi connectivity index (χ4n) is 4.86. The van der Waals surface area contributed by atoms with Gasteiger partial charge in [0.15, 0.2) is 0 Å². The molecule has 0 aromatic carbocycles. The molecule has 0 saturated heterocycles. The van der Waals surface area contributed by atoms with Crippen LogP contribution in [0.25, 0.3) is 0 Å². The van der Waals surface area contributed by atoms with E-state index in [2.05, 4.69) is 9.97 Å². The molecule has 18 heavy (non-hydrogen) atoms. The average molecular weight is 247 g/mol. The van der Waals surface area contributed by atoms with Crippen LogP contribution in [-0.4, -0.2) is 15.6 Å². The number of imidazole rings is 1. The number of ether oxygens (including phenoxy) is 1. The molecular formula is C14H21N3O. The predicted octanol–water partition coefficient (Wildman–Crippen LogP) is 2.22. The highest BCUT2D eigenvalue weighted by molar-refractivity contribution is 5.10. The number of nitrogens with one attached hydrogen (secondary N) is 1. The molecule has 4 nitrogen and oxygen atoms in total. The van der Waals surface area contributed by atoms with Gasteiger partial charge in [0.1, 0.15) is 5.60 Å². The Hall–Kier alpha value is -1.03. The van der Waals surface area contributed by atoms with E-state index in [9.17, 15) is 0 Å². The maximum atomic E-state index is 6.27. The van der Waals surface area contributed by atoms with E-state index >= 15 is 0 Å². The van der Waals surface area contributed by atoms with Crippen molar-refractivity contribution < 1.29 is 4.74 Å². The number of aromatic nitrogens is 2. The van der Waals surface area contributed by atoms with Gasteiger partial charge in [-0.05, 0) is 56.3 Å². The Morgan fingerprint density at radius 2 is 1.83 bits per heavy atom. The van der Waals surface area contributed by atoms with Gasteiger partial charge in [-0.25, -0.2) is 4.98 Å². The van der Waals surface area contributed by atoms with E-state index in [-0.39, 0.29) is 5.60 Å². The number of hydrogen-bond acceptors (Lipinski definition) is 3. The third-order valence-corrected chi connectivity index (χ3v) is 5.12. The molecule has 98 valence electrons. The molecule has 3 N–H and O–H groups in total. The van der Waals surface area contributed by atoms with Crippen LogP contribution in [0.4, 0.5) is 0 Å². The second kappa shape index (κ2) is 3.73. The van der Waals surface area contributed by atoms with Crippen molar-refractivity contribution in [2.24, 2.45) is 23.5 Å². The van der Waals surface area contributed by atoms with Gasteiger partial charge in [-0.3, -0.25) is 0 Å². The molecule has 0 unspecified atom stereocenters. The third-order valence-electron chi connectivity index (χ3n) is 5.12. The van der Waals surface area contributed by atoms with Crippen molar-refractivity contribution in [3.8, 4) is 6.01 Å². The summed E-state index contributed by atoms with van der Waals surface area (Å²) < 4.78 is 6.27. The first kappa shape index (κ1) is 10.9. The molecular weight excluding hydrogens is 226 g/mol. The lowest BCUT2D eigenvalue weighted by Gasteiger charge is -2.55. The van der Waals surface area contributed by atoms with Crippen molar-refractivity contribution >= 4 is 0 Å². The minimum absolute atomic E-state index is 0.0818. The van der Waals surface area contributed by atoms with Crippen LogP contribution in [-0.2, 0) is 6.54 Å². The first-order valence-corrected chi connectivity index (χ1v) is 7.18. The first-order chi connectivity index (χ1) is 8.75. The lowest BCUT2D eigenvalue weighted by atomic mass is 9.54. The summed E-state index contributed by atoms with van der Waals surface area (Å²) in [5.41, 5.74) is 6.63. The topological polar surface area (TPSA) is 63.9 Å². The van der Waals surface area contributed by atoms with Gasteiger partial charge in [-0.1, -0.05) is 0 Å². The lowest BCUT2D eigenvalue weighted by Crippen LogP contribution is -2.53. The Morgan fingerprint density at radius 3 is 2.33 bits per heavy atom. The first-order valence-electron chi connectivity index (χ1n) is 7.18. The van der Waals surface area contributed by atoms with Crippen molar-refractivity contribution in [2.75, 3.05) is 0 Å². The fourth-order valence-corrected chi connectivity index (χ4v) is 4.86. The number of H-pyrrole nitrogens is 1. The van der Waals surface area contributed by atoms with Gasteiger partial charge in [0, 0.05) is 6.54 Å². The van der Waals surface area contributed by atoms with Crippen LogP contribution in [0.1, 0.15) is 44.2 Å². The highest BCUT2D eigenvalue weighted by Gasteiger charge is 2.52. The van der Waals surface area contributed by atoms with Crippen molar-refractivity contribution in [3.05, 3.63) is 11.9 Å². The van der Waals surface area contributed by atoms with Gasteiger partial charge in [-0.2, -0.15) is 0 Å². The van der Waals surface area contributed by atoms with Crippen molar-refractivity contribution in [3.63, 3.8) is 0 Å². The monoisotopic (exact) mass is 247 g/mol. The summed E-state index contributed by atoms with van der Waals surface area (Å²) in [4.78, 5) is 7.48. The highest BCUT2D eigenvalue weighted by atomic mass is 16.5. The summed E-state index contributed by atoms with van der Waals surface area (Å²) in [6.45, 7) is 0.497. The standard InChI is InChI=1S/C14H21N3O/c15-7-12-8-16-13(17-12)18-14-4-9-1-10(5-14)3-11(2-9)6-14/h8-11H,1-7,15H2,(H,16,17). The second-order valence-electron chi connectivity index (χ2n) is 6.62. The Bertz CT molecular complexity index is 418. The maximum Gasteiger partial charge on any atom is 0.294 e. The van der Waals surface area contributed by atoms with Crippen LogP contribution >= 0.6 is 0 Å². The summed E-state index contributed by atoms with van der Waals surface area (Å²) in [5.74, 6) is 2.71. The Labute approximate surface area is 107 Å². The zero-order valence-corrected chi connectivity index (χ0v) is 10.7. The normalized spacial score (nSPS) is 41.3. The molecule has 4 heteroatoms. The largest absolute Gasteiger partial charge is 0.458 e. The van der Waals surface area contributed by atoms with Crippen LogP contribution < -0.4 is 10.5 Å². The number of aromatic amines is 1. The molecule has 0 aliphatic heterocycles. The average Bonchev–Trinajstić information content (AvgIpc) is 2.74. The smallest absolute Gasteiger partial charge is 0.294 e. The molecule has 4 bridgehead atoms. The number of nitrogens with two attached hydrogens (primary N) is 1. The predicted molar refractivity (Wildman–Crippen MR) is 68.0 cm³/mol. The van der Waals surface area contributed by atoms with Crippen LogP contribution in [0.3, 0.4) is 0 Å². The van der Waals surface area contributed by atoms with E-state index in [0.717, 1.165) is 23.4 Å². The Kier molecular flexibility index (Phi) is 2.25. The summed E-state index contributed by atoms with van der Waals surface area (Å²) in [5, 5.41) is 0. The van der Waals surface area contributed by atoms with Crippen LogP contribution in [0, 0.1) is 17.8 Å². The van der Waals surface area contributed by atoms with E-state index < -0.39 is 0 Å². The zero-order chi connectivity index (χ0) is 12.2. The highest BCUT2D eigenvalue weighted by Crippen LogP contribution is 2.56. The third kappa shape index (κ3) is 1.66. The van der Waals surface area contributed by atoms with Gasteiger partial charge in [0.2, 0.25) is 0 Å². The Morgan fingerprint density at radius 1 is 1.22 bits per heavy atom. The van der Waals surface area contributed by atoms with Gasteiger partial charge in [0.05, 0.1) is 11.9 Å². The van der Waals surface area contributed by atoms with Crippen molar-refractivity contribution in [2.45, 2.75) is 50.7 Å². The molecule has 0 spiro atoms. The SMILES string of the molecule is NCc1cnc(OC23CC4CC(CC(C4)C2)C3)[nH]1. The summed E-state index contributed by atoms with van der Waals surface area (Å²) in [6.07, 6.45) is 9.81. The molecule has 5 rings (SSSR count). The number of rotatable bonds is 3. The van der Waals surface area contributed by atoms with E-state index in [1.54, 1.807) is 6.20 Å². The van der Waals surface area contributed by atoms with Crippen molar-refractivity contribution in [1.29, 1.82) is 0 Å². The van der Waals surface area contributed by atoms with Crippen LogP contribution in [0.15, 0.2) is 6.20 Å². The van der Waals surface area contributed by atoms with Crippen molar-refractivity contribution in [1.82, 2.24) is 9.97 Å². The Balaban J connectivity index is 1.56. The fraction of sp³-hybridized carbons (Fsp3) is 0.786. The molecule has 4 fully saturated rings. The molecule has 1 aromatic rings. The minimum Gasteiger partial charge on any atom is -0.458 e. The van der Waals surface area contributed by atoms with E-state index in [4.69, 9.17) is 10.5 Å². The number of nitrogens with zero attached hydrogens (tertiary/aromatic N) is 1. The molecule has 4 aliphatic carbocycles. The molecule has 4 aliphatic rings. The van der Waals surface area contributed by atoms with Gasteiger partial charge in [-0.15, -0.1) is 0 Å². The molecule has 0 amide bonds. The van der Waals surface area contributed by atoms with Gasteiger partial charge >= 0.3 is 0 Å². The maximum absolute atomic E-state index is 6.27. The quantitative estimate of drug-likeness (QED) is 0.860. The van der Waals surface area contributed by atoms with Crippen LogP contribution in [0.2, 0.25) is 0 Å². The molecule has 4 saturated carbocycles. The number of hydrogen-bond donors (Lipinski definition) is 2. The molecule has 1 aromatic heterocycles. The van der Waals surface area contributed by atoms with E-state index in [0.29, 0.717) is 12.6 Å². The summed E-state index contributed by atoms with van der Waals surface area (Å²) >= 11 is 0. The van der Waals surface area contributed by atoms with E-state index in [1.807, 2.05) is 0 Å². The van der Waals surface area contributed by atoms with E-state index in [1.165, 1.54) is 38.5 Å². The lowest BCUT2D eigenvalue weighted by molar-refractivity contribution is -0.111. The summed E-state index contributed by atoms with van der Waals surface area (Å²) in [6, 6.07) is 0.678. The minimum atomic E-state index is 0.0818. The zero-order valence-electron chi connectivity index (χ0n) is 10.7. The van der Waals surface area contributed by atoms with Gasteiger partial charge in [0.25, 0.3) is 6.01 Å². The second-order valence-corrected chi connectivity index (χ2v) is 6.62. The summed E-state index contributed by atoms with van der Waals surface area (Å²) in [7, 11) is 0. The molecule has 0 radical (unpaired) electrons. The molecule has 0 atom stereocenters.